The molecule has 1 N–H and O–H groups in total. The minimum Gasteiger partial charge on any atom is -0.463 e. The van der Waals surface area contributed by atoms with Crippen molar-refractivity contribution >= 4 is 0 Å². The van der Waals surface area contributed by atoms with Crippen LogP contribution in [-0.2, 0) is 6.18 Å². The summed E-state index contributed by atoms with van der Waals surface area (Å²) < 4.78 is 42.1. The van der Waals surface area contributed by atoms with E-state index in [4.69, 9.17) is 4.74 Å². The van der Waals surface area contributed by atoms with Crippen LogP contribution in [0.15, 0.2) is 12.3 Å². The molecule has 0 saturated carbocycles. The maximum absolute atomic E-state index is 12.3. The zero-order chi connectivity index (χ0) is 13.6. The molecule has 1 aromatic rings. The molecule has 0 fully saturated rings. The minimum absolute atomic E-state index is 0.241. The van der Waals surface area contributed by atoms with Crippen molar-refractivity contribution in [1.82, 2.24) is 15.3 Å². The van der Waals surface area contributed by atoms with E-state index >= 15 is 0 Å². The summed E-state index contributed by atoms with van der Waals surface area (Å²) in [6.07, 6.45) is -2.75. The number of aromatic nitrogens is 2. The summed E-state index contributed by atoms with van der Waals surface area (Å²) in [7, 11) is 0. The molecule has 0 bridgehead atoms. The van der Waals surface area contributed by atoms with Gasteiger partial charge >= 0.3 is 12.2 Å². The molecule has 0 amide bonds. The highest BCUT2D eigenvalue weighted by atomic mass is 19.4. The molecular formula is C11H16F3N3O. The molecule has 0 aromatic carbocycles. The lowest BCUT2D eigenvalue weighted by atomic mass is 10.3. The molecule has 0 radical (unpaired) electrons. The predicted molar refractivity (Wildman–Crippen MR) is 60.3 cm³/mol. The van der Waals surface area contributed by atoms with Crippen molar-refractivity contribution in [2.24, 2.45) is 0 Å². The third-order valence-electron chi connectivity index (χ3n) is 2.03. The lowest BCUT2D eigenvalue weighted by Gasteiger charge is -2.09. The summed E-state index contributed by atoms with van der Waals surface area (Å²) in [5.74, 6) is 0. The van der Waals surface area contributed by atoms with E-state index in [2.05, 4.69) is 15.3 Å². The number of halogens is 3. The van der Waals surface area contributed by atoms with Crippen molar-refractivity contribution < 1.29 is 17.9 Å². The summed E-state index contributed by atoms with van der Waals surface area (Å²) in [6.45, 7) is 5.03. The average Bonchev–Trinajstić information content (AvgIpc) is 2.27. The predicted octanol–water partition coefficient (Wildman–Crippen LogP) is 2.26. The molecule has 0 spiro atoms. The summed E-state index contributed by atoms with van der Waals surface area (Å²) in [5, 5.41) is 3.17. The molecule has 7 heteroatoms. The molecule has 0 aliphatic rings. The molecule has 1 aromatic heterocycles. The standard InChI is InChI=1S/C11H16F3N3O/c1-8(2)15-5-3-7-18-10-16-6-4-9(17-10)11(12,13)14/h4,6,8,15H,3,5,7H2,1-2H3. The molecule has 18 heavy (non-hydrogen) atoms. The van der Waals surface area contributed by atoms with Gasteiger partial charge in [-0.3, -0.25) is 0 Å². The van der Waals surface area contributed by atoms with Crippen molar-refractivity contribution in [3.8, 4) is 6.01 Å². The summed E-state index contributed by atoms with van der Waals surface area (Å²) in [5.41, 5.74) is -0.993. The van der Waals surface area contributed by atoms with Crippen LogP contribution in [0.1, 0.15) is 26.0 Å². The van der Waals surface area contributed by atoms with Crippen molar-refractivity contribution in [1.29, 1.82) is 0 Å². The Morgan fingerprint density at radius 2 is 2.11 bits per heavy atom. The monoisotopic (exact) mass is 263 g/mol. The Balaban J connectivity index is 2.39. The van der Waals surface area contributed by atoms with Gasteiger partial charge in [0, 0.05) is 12.2 Å². The molecule has 1 heterocycles. The third kappa shape index (κ3) is 5.31. The van der Waals surface area contributed by atoms with Crippen LogP contribution >= 0.6 is 0 Å². The molecule has 0 aliphatic heterocycles. The first-order valence-electron chi connectivity index (χ1n) is 5.66. The van der Waals surface area contributed by atoms with Gasteiger partial charge in [-0.1, -0.05) is 13.8 Å². The van der Waals surface area contributed by atoms with Gasteiger partial charge in [-0.15, -0.1) is 0 Å². The third-order valence-corrected chi connectivity index (χ3v) is 2.03. The van der Waals surface area contributed by atoms with E-state index in [1.54, 1.807) is 0 Å². The average molecular weight is 263 g/mol. The Kier molecular flexibility index (Phi) is 5.33. The maximum Gasteiger partial charge on any atom is 0.433 e. The second-order valence-electron chi connectivity index (χ2n) is 4.03. The van der Waals surface area contributed by atoms with E-state index in [0.29, 0.717) is 12.5 Å². The van der Waals surface area contributed by atoms with Crippen molar-refractivity contribution in [2.75, 3.05) is 13.2 Å². The smallest absolute Gasteiger partial charge is 0.433 e. The number of rotatable bonds is 6. The SMILES string of the molecule is CC(C)NCCCOc1nccc(C(F)(F)F)n1. The largest absolute Gasteiger partial charge is 0.463 e. The van der Waals surface area contributed by atoms with E-state index in [-0.39, 0.29) is 12.6 Å². The van der Waals surface area contributed by atoms with Crippen LogP contribution in [0.25, 0.3) is 0 Å². The van der Waals surface area contributed by atoms with Crippen LogP contribution in [-0.4, -0.2) is 29.2 Å². The number of ether oxygens (including phenoxy) is 1. The molecule has 0 unspecified atom stereocenters. The van der Waals surface area contributed by atoms with Gasteiger partial charge in [-0.25, -0.2) is 4.98 Å². The molecule has 4 nitrogen and oxygen atoms in total. The Hall–Kier alpha value is -1.37. The lowest BCUT2D eigenvalue weighted by molar-refractivity contribution is -0.141. The number of hydrogen-bond acceptors (Lipinski definition) is 4. The maximum atomic E-state index is 12.3. The van der Waals surface area contributed by atoms with Gasteiger partial charge in [0.2, 0.25) is 0 Å². The van der Waals surface area contributed by atoms with Gasteiger partial charge in [-0.2, -0.15) is 18.2 Å². The van der Waals surface area contributed by atoms with Crippen molar-refractivity contribution in [2.45, 2.75) is 32.5 Å². The van der Waals surface area contributed by atoms with E-state index < -0.39 is 11.9 Å². The molecular weight excluding hydrogens is 247 g/mol. The number of alkyl halides is 3. The van der Waals surface area contributed by atoms with Gasteiger partial charge < -0.3 is 10.1 Å². The van der Waals surface area contributed by atoms with Crippen LogP contribution in [0.2, 0.25) is 0 Å². The fraction of sp³-hybridized carbons (Fsp3) is 0.636. The quantitative estimate of drug-likeness (QED) is 0.800. The number of nitrogens with zero attached hydrogens (tertiary/aromatic N) is 2. The van der Waals surface area contributed by atoms with E-state index in [1.165, 1.54) is 0 Å². The zero-order valence-corrected chi connectivity index (χ0v) is 10.3. The van der Waals surface area contributed by atoms with Crippen LogP contribution < -0.4 is 10.1 Å². The highest BCUT2D eigenvalue weighted by Gasteiger charge is 2.32. The van der Waals surface area contributed by atoms with Crippen LogP contribution in [0.5, 0.6) is 6.01 Å². The van der Waals surface area contributed by atoms with Gasteiger partial charge in [0.1, 0.15) is 0 Å². The Labute approximate surface area is 104 Å². The van der Waals surface area contributed by atoms with Gasteiger partial charge in [0.05, 0.1) is 6.61 Å². The van der Waals surface area contributed by atoms with Crippen LogP contribution in [0.3, 0.4) is 0 Å². The fourth-order valence-corrected chi connectivity index (χ4v) is 1.19. The zero-order valence-electron chi connectivity index (χ0n) is 10.3. The van der Waals surface area contributed by atoms with Crippen LogP contribution in [0.4, 0.5) is 13.2 Å². The second-order valence-corrected chi connectivity index (χ2v) is 4.03. The molecule has 0 atom stereocenters. The topological polar surface area (TPSA) is 47.0 Å². The van der Waals surface area contributed by atoms with E-state index in [0.717, 1.165) is 18.8 Å². The normalized spacial score (nSPS) is 11.9. The first kappa shape index (κ1) is 14.7. The van der Waals surface area contributed by atoms with Crippen molar-refractivity contribution in [3.05, 3.63) is 18.0 Å². The summed E-state index contributed by atoms with van der Waals surface area (Å²) in [6, 6.07) is 0.942. The fourth-order valence-electron chi connectivity index (χ4n) is 1.19. The van der Waals surface area contributed by atoms with Crippen LogP contribution in [0, 0.1) is 0 Å². The van der Waals surface area contributed by atoms with E-state index in [9.17, 15) is 13.2 Å². The Bertz CT molecular complexity index is 369. The second kappa shape index (κ2) is 6.53. The molecule has 102 valence electrons. The molecule has 0 saturated heterocycles. The van der Waals surface area contributed by atoms with Gasteiger partial charge in [0.15, 0.2) is 5.69 Å². The molecule has 0 aliphatic carbocycles. The first-order chi connectivity index (χ1) is 8.39. The first-order valence-corrected chi connectivity index (χ1v) is 5.66. The molecule has 1 rings (SSSR count). The number of hydrogen-bond donors (Lipinski definition) is 1. The highest BCUT2D eigenvalue weighted by Crippen LogP contribution is 2.27. The van der Waals surface area contributed by atoms with Crippen molar-refractivity contribution in [3.63, 3.8) is 0 Å². The highest BCUT2D eigenvalue weighted by molar-refractivity contribution is 5.08. The number of nitrogens with one attached hydrogen (secondary N) is 1. The summed E-state index contributed by atoms with van der Waals surface area (Å²) >= 11 is 0. The van der Waals surface area contributed by atoms with Gasteiger partial charge in [-0.05, 0) is 19.0 Å². The van der Waals surface area contributed by atoms with E-state index in [1.807, 2.05) is 13.8 Å². The Morgan fingerprint density at radius 1 is 1.39 bits per heavy atom. The van der Waals surface area contributed by atoms with Gasteiger partial charge in [0.25, 0.3) is 0 Å². The lowest BCUT2D eigenvalue weighted by Crippen LogP contribution is -2.25. The minimum atomic E-state index is -4.47. The summed E-state index contributed by atoms with van der Waals surface area (Å²) in [4.78, 5) is 6.93. The Morgan fingerprint density at radius 3 is 2.72 bits per heavy atom.